The van der Waals surface area contributed by atoms with Gasteiger partial charge in [-0.25, -0.2) is 0 Å². The number of rotatable bonds is 2. The number of aliphatic hydroxyl groups excluding tert-OH is 1. The summed E-state index contributed by atoms with van der Waals surface area (Å²) in [4.78, 5) is 0. The van der Waals surface area contributed by atoms with Gasteiger partial charge in [-0.1, -0.05) is 34.6 Å². The maximum absolute atomic E-state index is 9.46. The Labute approximate surface area is 92.3 Å². The van der Waals surface area contributed by atoms with Crippen molar-refractivity contribution in [2.45, 2.75) is 59.5 Å². The standard InChI is InChI=1S/C13H22O2/c1-8(2)11-9(3)15-12(10(11)7-14)13(4,5)6/h8,14H,7H2,1-6H3. The monoisotopic (exact) mass is 210 g/mol. The molecule has 0 atom stereocenters. The van der Waals surface area contributed by atoms with Gasteiger partial charge >= 0.3 is 0 Å². The van der Waals surface area contributed by atoms with E-state index in [9.17, 15) is 5.11 Å². The molecule has 15 heavy (non-hydrogen) atoms. The molecular formula is C13H22O2. The van der Waals surface area contributed by atoms with E-state index in [1.165, 1.54) is 5.56 Å². The zero-order valence-electron chi connectivity index (χ0n) is 10.6. The van der Waals surface area contributed by atoms with Crippen molar-refractivity contribution in [2.75, 3.05) is 0 Å². The van der Waals surface area contributed by atoms with Crippen LogP contribution < -0.4 is 0 Å². The Kier molecular flexibility index (Phi) is 3.29. The first-order valence-electron chi connectivity index (χ1n) is 5.52. The summed E-state index contributed by atoms with van der Waals surface area (Å²) in [6, 6.07) is 0. The van der Waals surface area contributed by atoms with Gasteiger partial charge in [0.2, 0.25) is 0 Å². The predicted octanol–water partition coefficient (Wildman–Crippen LogP) is 3.50. The van der Waals surface area contributed by atoms with Gasteiger partial charge in [0.1, 0.15) is 11.5 Å². The third-order valence-corrected chi connectivity index (χ3v) is 2.65. The van der Waals surface area contributed by atoms with Crippen LogP contribution >= 0.6 is 0 Å². The molecule has 1 aromatic rings. The summed E-state index contributed by atoms with van der Waals surface area (Å²) in [5, 5.41) is 9.46. The van der Waals surface area contributed by atoms with Gasteiger partial charge in [-0.05, 0) is 12.8 Å². The molecule has 0 spiro atoms. The van der Waals surface area contributed by atoms with Crippen molar-refractivity contribution >= 4 is 0 Å². The van der Waals surface area contributed by atoms with E-state index >= 15 is 0 Å². The molecule has 0 bridgehead atoms. The molecule has 0 saturated heterocycles. The molecule has 2 heteroatoms. The summed E-state index contributed by atoms with van der Waals surface area (Å²) in [6.07, 6.45) is 0. The van der Waals surface area contributed by atoms with E-state index in [1.807, 2.05) is 6.92 Å². The highest BCUT2D eigenvalue weighted by Crippen LogP contribution is 2.35. The summed E-state index contributed by atoms with van der Waals surface area (Å²) < 4.78 is 5.80. The van der Waals surface area contributed by atoms with Crippen LogP contribution in [0.1, 0.15) is 63.2 Å². The second-order valence-electron chi connectivity index (χ2n) is 5.44. The van der Waals surface area contributed by atoms with Crippen LogP contribution in [0.5, 0.6) is 0 Å². The fourth-order valence-electron chi connectivity index (χ4n) is 2.12. The van der Waals surface area contributed by atoms with Crippen LogP contribution in [0.2, 0.25) is 0 Å². The van der Waals surface area contributed by atoms with Crippen LogP contribution in [0, 0.1) is 6.92 Å². The van der Waals surface area contributed by atoms with Gasteiger partial charge in [0.05, 0.1) is 6.61 Å². The molecule has 1 heterocycles. The third-order valence-electron chi connectivity index (χ3n) is 2.65. The average Bonchev–Trinajstić information content (AvgIpc) is 2.41. The lowest BCUT2D eigenvalue weighted by Gasteiger charge is -2.17. The SMILES string of the molecule is Cc1oc(C(C)(C)C)c(CO)c1C(C)C. The van der Waals surface area contributed by atoms with E-state index in [1.54, 1.807) is 0 Å². The van der Waals surface area contributed by atoms with Crippen LogP contribution in [-0.2, 0) is 12.0 Å². The number of aryl methyl sites for hydroxylation is 1. The normalized spacial score (nSPS) is 12.5. The Morgan fingerprint density at radius 2 is 1.80 bits per heavy atom. The highest BCUT2D eigenvalue weighted by atomic mass is 16.3. The van der Waals surface area contributed by atoms with Gasteiger partial charge in [-0.15, -0.1) is 0 Å². The van der Waals surface area contributed by atoms with Crippen molar-refractivity contribution in [3.8, 4) is 0 Å². The molecule has 1 aromatic heterocycles. The number of furan rings is 1. The summed E-state index contributed by atoms with van der Waals surface area (Å²) in [7, 11) is 0. The second kappa shape index (κ2) is 4.01. The average molecular weight is 210 g/mol. The number of hydrogen-bond donors (Lipinski definition) is 1. The first kappa shape index (κ1) is 12.3. The minimum Gasteiger partial charge on any atom is -0.465 e. The van der Waals surface area contributed by atoms with Gasteiger partial charge in [0.15, 0.2) is 0 Å². The first-order chi connectivity index (χ1) is 6.79. The molecule has 0 unspecified atom stereocenters. The highest BCUT2D eigenvalue weighted by Gasteiger charge is 2.27. The van der Waals surface area contributed by atoms with E-state index in [2.05, 4.69) is 34.6 Å². The molecule has 0 fully saturated rings. The van der Waals surface area contributed by atoms with E-state index in [-0.39, 0.29) is 12.0 Å². The summed E-state index contributed by atoms with van der Waals surface area (Å²) in [6.45, 7) is 12.6. The highest BCUT2D eigenvalue weighted by molar-refractivity contribution is 5.38. The molecule has 0 saturated carbocycles. The van der Waals surface area contributed by atoms with Crippen molar-refractivity contribution < 1.29 is 9.52 Å². The van der Waals surface area contributed by atoms with Crippen molar-refractivity contribution in [3.05, 3.63) is 22.6 Å². The lowest BCUT2D eigenvalue weighted by atomic mass is 9.87. The van der Waals surface area contributed by atoms with Crippen LogP contribution in [0.15, 0.2) is 4.42 Å². The molecular weight excluding hydrogens is 188 g/mol. The molecule has 0 radical (unpaired) electrons. The minimum atomic E-state index is -0.0457. The maximum atomic E-state index is 9.46. The molecule has 0 aromatic carbocycles. The Bertz CT molecular complexity index is 340. The van der Waals surface area contributed by atoms with Gasteiger partial charge in [0, 0.05) is 16.5 Å². The zero-order valence-corrected chi connectivity index (χ0v) is 10.6. The fraction of sp³-hybridized carbons (Fsp3) is 0.692. The summed E-state index contributed by atoms with van der Waals surface area (Å²) in [5.41, 5.74) is 2.10. The molecule has 86 valence electrons. The molecule has 1 rings (SSSR count). The van der Waals surface area contributed by atoms with E-state index in [4.69, 9.17) is 4.42 Å². The quantitative estimate of drug-likeness (QED) is 0.810. The van der Waals surface area contributed by atoms with Gasteiger partial charge in [-0.3, -0.25) is 0 Å². The maximum Gasteiger partial charge on any atom is 0.115 e. The van der Waals surface area contributed by atoms with Gasteiger partial charge < -0.3 is 9.52 Å². The van der Waals surface area contributed by atoms with Gasteiger partial charge in [0.25, 0.3) is 0 Å². The zero-order chi connectivity index (χ0) is 11.8. The molecule has 1 N–H and O–H groups in total. The molecule has 0 aliphatic rings. The van der Waals surface area contributed by atoms with E-state index in [0.29, 0.717) is 5.92 Å². The van der Waals surface area contributed by atoms with Crippen molar-refractivity contribution in [1.29, 1.82) is 0 Å². The minimum absolute atomic E-state index is 0.0457. The van der Waals surface area contributed by atoms with Crippen molar-refractivity contribution in [3.63, 3.8) is 0 Å². The molecule has 0 aliphatic carbocycles. The van der Waals surface area contributed by atoms with E-state index in [0.717, 1.165) is 17.1 Å². The van der Waals surface area contributed by atoms with Crippen LogP contribution in [0.4, 0.5) is 0 Å². The molecule has 0 amide bonds. The van der Waals surface area contributed by atoms with Crippen molar-refractivity contribution in [1.82, 2.24) is 0 Å². The second-order valence-corrected chi connectivity index (χ2v) is 5.44. The first-order valence-corrected chi connectivity index (χ1v) is 5.52. The fourth-order valence-corrected chi connectivity index (χ4v) is 2.12. The van der Waals surface area contributed by atoms with Gasteiger partial charge in [-0.2, -0.15) is 0 Å². The number of aliphatic hydroxyl groups is 1. The van der Waals surface area contributed by atoms with Crippen LogP contribution in [0.3, 0.4) is 0 Å². The van der Waals surface area contributed by atoms with Crippen LogP contribution in [0.25, 0.3) is 0 Å². The van der Waals surface area contributed by atoms with E-state index < -0.39 is 0 Å². The van der Waals surface area contributed by atoms with Crippen LogP contribution in [-0.4, -0.2) is 5.11 Å². The Balaban J connectivity index is 3.38. The summed E-state index contributed by atoms with van der Waals surface area (Å²) in [5.74, 6) is 2.26. The van der Waals surface area contributed by atoms with Crippen molar-refractivity contribution in [2.24, 2.45) is 0 Å². The largest absolute Gasteiger partial charge is 0.465 e. The summed E-state index contributed by atoms with van der Waals surface area (Å²) >= 11 is 0. The third kappa shape index (κ3) is 2.25. The topological polar surface area (TPSA) is 33.4 Å². The Morgan fingerprint density at radius 3 is 2.13 bits per heavy atom. The lowest BCUT2D eigenvalue weighted by molar-refractivity contribution is 0.271. The number of hydrogen-bond acceptors (Lipinski definition) is 2. The predicted molar refractivity (Wildman–Crippen MR) is 62.2 cm³/mol. The lowest BCUT2D eigenvalue weighted by Crippen LogP contribution is -2.13. The Hall–Kier alpha value is -0.760. The Morgan fingerprint density at radius 1 is 1.27 bits per heavy atom. The molecule has 0 aliphatic heterocycles. The molecule has 2 nitrogen and oxygen atoms in total. The smallest absolute Gasteiger partial charge is 0.115 e.